The van der Waals surface area contributed by atoms with Gasteiger partial charge in [-0.2, -0.15) is 0 Å². The molecule has 2 rings (SSSR count). The Hall–Kier alpha value is -1.54. The average molecular weight is 229 g/mol. The van der Waals surface area contributed by atoms with Gasteiger partial charge >= 0.3 is 0 Å². The standard InChI is InChI=1S/C15H19NO/c1-2-10-16-11-6-5-8-14-12-13-7-3-4-9-15(13)17-14/h3-5,7-9,12,16H,2,6,10-11H2,1H3/b8-5+. The monoisotopic (exact) mass is 229 g/mol. The first-order valence-electron chi connectivity index (χ1n) is 6.26. The Balaban J connectivity index is 1.87. The highest BCUT2D eigenvalue weighted by atomic mass is 16.3. The predicted molar refractivity (Wildman–Crippen MR) is 73.0 cm³/mol. The van der Waals surface area contributed by atoms with Crippen LogP contribution in [0.1, 0.15) is 25.5 Å². The van der Waals surface area contributed by atoms with Gasteiger partial charge in [-0.25, -0.2) is 0 Å². The topological polar surface area (TPSA) is 25.2 Å². The zero-order valence-corrected chi connectivity index (χ0v) is 10.3. The molecule has 1 aromatic carbocycles. The van der Waals surface area contributed by atoms with E-state index in [-0.39, 0.29) is 0 Å². The number of hydrogen-bond donors (Lipinski definition) is 1. The zero-order valence-electron chi connectivity index (χ0n) is 10.3. The molecule has 0 radical (unpaired) electrons. The molecule has 2 nitrogen and oxygen atoms in total. The Bertz CT molecular complexity index is 451. The minimum Gasteiger partial charge on any atom is -0.457 e. The molecule has 1 N–H and O–H groups in total. The van der Waals surface area contributed by atoms with E-state index in [9.17, 15) is 0 Å². The van der Waals surface area contributed by atoms with E-state index in [2.05, 4.69) is 30.4 Å². The lowest BCUT2D eigenvalue weighted by molar-refractivity contribution is 0.603. The lowest BCUT2D eigenvalue weighted by Crippen LogP contribution is -2.14. The summed E-state index contributed by atoms with van der Waals surface area (Å²) >= 11 is 0. The molecule has 0 atom stereocenters. The molecular weight excluding hydrogens is 210 g/mol. The summed E-state index contributed by atoms with van der Waals surface area (Å²) in [7, 11) is 0. The number of furan rings is 1. The summed E-state index contributed by atoms with van der Waals surface area (Å²) in [6, 6.07) is 10.2. The van der Waals surface area contributed by atoms with Gasteiger partial charge < -0.3 is 9.73 Å². The van der Waals surface area contributed by atoms with Crippen LogP contribution >= 0.6 is 0 Å². The van der Waals surface area contributed by atoms with Crippen LogP contribution in [0, 0.1) is 0 Å². The highest BCUT2D eigenvalue weighted by molar-refractivity contribution is 5.79. The number of benzene rings is 1. The number of rotatable bonds is 6. The first-order chi connectivity index (χ1) is 8.40. The highest BCUT2D eigenvalue weighted by Crippen LogP contribution is 2.19. The molecule has 0 unspecified atom stereocenters. The van der Waals surface area contributed by atoms with E-state index in [1.165, 1.54) is 6.42 Å². The molecule has 17 heavy (non-hydrogen) atoms. The van der Waals surface area contributed by atoms with Crippen molar-refractivity contribution in [2.45, 2.75) is 19.8 Å². The summed E-state index contributed by atoms with van der Waals surface area (Å²) in [4.78, 5) is 0. The van der Waals surface area contributed by atoms with Gasteiger partial charge in [0.15, 0.2) is 0 Å². The van der Waals surface area contributed by atoms with Crippen molar-refractivity contribution in [1.29, 1.82) is 0 Å². The Morgan fingerprint density at radius 1 is 1.24 bits per heavy atom. The number of para-hydroxylation sites is 1. The van der Waals surface area contributed by atoms with Crippen molar-refractivity contribution < 1.29 is 4.42 Å². The maximum absolute atomic E-state index is 5.69. The van der Waals surface area contributed by atoms with E-state index < -0.39 is 0 Å². The third-order valence-corrected chi connectivity index (χ3v) is 2.64. The number of nitrogens with one attached hydrogen (secondary N) is 1. The van der Waals surface area contributed by atoms with Crippen LogP contribution in [-0.4, -0.2) is 13.1 Å². The largest absolute Gasteiger partial charge is 0.457 e. The maximum Gasteiger partial charge on any atom is 0.134 e. The van der Waals surface area contributed by atoms with Crippen LogP contribution in [0.5, 0.6) is 0 Å². The normalized spacial score (nSPS) is 11.6. The van der Waals surface area contributed by atoms with Crippen molar-refractivity contribution in [3.8, 4) is 0 Å². The van der Waals surface area contributed by atoms with Crippen molar-refractivity contribution in [2.75, 3.05) is 13.1 Å². The molecule has 2 aromatic rings. The Morgan fingerprint density at radius 3 is 2.94 bits per heavy atom. The molecule has 1 aromatic heterocycles. The van der Waals surface area contributed by atoms with Crippen LogP contribution in [0.2, 0.25) is 0 Å². The quantitative estimate of drug-likeness (QED) is 0.761. The fourth-order valence-electron chi connectivity index (χ4n) is 1.77. The second kappa shape index (κ2) is 6.26. The minimum atomic E-state index is 0.932. The highest BCUT2D eigenvalue weighted by Gasteiger charge is 1.98. The van der Waals surface area contributed by atoms with E-state index in [1.54, 1.807) is 0 Å². The molecule has 1 heterocycles. The second-order valence-corrected chi connectivity index (χ2v) is 4.13. The molecule has 0 aliphatic heterocycles. The van der Waals surface area contributed by atoms with E-state index >= 15 is 0 Å². The summed E-state index contributed by atoms with van der Waals surface area (Å²) in [6.45, 7) is 4.31. The van der Waals surface area contributed by atoms with Crippen molar-refractivity contribution in [3.05, 3.63) is 42.2 Å². The summed E-state index contributed by atoms with van der Waals surface area (Å²) < 4.78 is 5.69. The van der Waals surface area contributed by atoms with E-state index in [4.69, 9.17) is 4.42 Å². The molecule has 0 spiro atoms. The molecule has 0 aliphatic carbocycles. The van der Waals surface area contributed by atoms with Gasteiger partial charge in [0.25, 0.3) is 0 Å². The van der Waals surface area contributed by atoms with Crippen LogP contribution in [0.25, 0.3) is 17.0 Å². The first-order valence-corrected chi connectivity index (χ1v) is 6.26. The van der Waals surface area contributed by atoms with Crippen molar-refractivity contribution >= 4 is 17.0 Å². The molecule has 0 saturated carbocycles. The molecule has 0 fully saturated rings. The molecule has 0 aliphatic rings. The second-order valence-electron chi connectivity index (χ2n) is 4.13. The molecule has 2 heteroatoms. The van der Waals surface area contributed by atoms with Gasteiger partial charge in [-0.05, 0) is 44.1 Å². The Kier molecular flexibility index (Phi) is 4.39. The minimum absolute atomic E-state index is 0.932. The van der Waals surface area contributed by atoms with E-state index in [0.29, 0.717) is 0 Å². The summed E-state index contributed by atoms with van der Waals surface area (Å²) in [5.41, 5.74) is 0.955. The van der Waals surface area contributed by atoms with Gasteiger partial charge in [-0.15, -0.1) is 0 Å². The predicted octanol–water partition coefficient (Wildman–Crippen LogP) is 3.84. The lowest BCUT2D eigenvalue weighted by Gasteiger charge is -1.97. The van der Waals surface area contributed by atoms with Gasteiger partial charge in [0.1, 0.15) is 11.3 Å². The van der Waals surface area contributed by atoms with Crippen LogP contribution in [0.3, 0.4) is 0 Å². The third kappa shape index (κ3) is 3.46. The fourth-order valence-corrected chi connectivity index (χ4v) is 1.77. The van der Waals surface area contributed by atoms with E-state index in [1.807, 2.05) is 24.3 Å². The SMILES string of the molecule is CCCNCC/C=C/c1cc2ccccc2o1. The van der Waals surface area contributed by atoms with Crippen molar-refractivity contribution in [1.82, 2.24) is 5.32 Å². The van der Waals surface area contributed by atoms with Crippen molar-refractivity contribution in [3.63, 3.8) is 0 Å². The summed E-state index contributed by atoms with van der Waals surface area (Å²) in [5, 5.41) is 4.53. The van der Waals surface area contributed by atoms with Crippen LogP contribution in [-0.2, 0) is 0 Å². The molecule has 0 bridgehead atoms. The van der Waals surface area contributed by atoms with Gasteiger partial charge in [0.05, 0.1) is 0 Å². The molecule has 0 amide bonds. The van der Waals surface area contributed by atoms with Gasteiger partial charge in [0, 0.05) is 5.39 Å². The average Bonchev–Trinajstić information content (AvgIpc) is 2.76. The van der Waals surface area contributed by atoms with Gasteiger partial charge in [-0.1, -0.05) is 31.2 Å². The Morgan fingerprint density at radius 2 is 2.12 bits per heavy atom. The fraction of sp³-hybridized carbons (Fsp3) is 0.333. The zero-order chi connectivity index (χ0) is 11.9. The van der Waals surface area contributed by atoms with Gasteiger partial charge in [-0.3, -0.25) is 0 Å². The maximum atomic E-state index is 5.69. The lowest BCUT2D eigenvalue weighted by atomic mass is 10.2. The molecule has 90 valence electrons. The number of hydrogen-bond acceptors (Lipinski definition) is 2. The smallest absolute Gasteiger partial charge is 0.134 e. The summed E-state index contributed by atoms with van der Waals surface area (Å²) in [5.74, 6) is 0.932. The van der Waals surface area contributed by atoms with Crippen LogP contribution in [0.15, 0.2) is 40.8 Å². The molecular formula is C15H19NO. The number of fused-ring (bicyclic) bond motifs is 1. The molecule has 0 saturated heterocycles. The van der Waals surface area contributed by atoms with Crippen LogP contribution in [0.4, 0.5) is 0 Å². The van der Waals surface area contributed by atoms with E-state index in [0.717, 1.165) is 36.2 Å². The Labute approximate surface area is 102 Å². The van der Waals surface area contributed by atoms with Crippen LogP contribution < -0.4 is 5.32 Å². The van der Waals surface area contributed by atoms with Crippen molar-refractivity contribution in [2.24, 2.45) is 0 Å². The third-order valence-electron chi connectivity index (χ3n) is 2.64. The first kappa shape index (κ1) is 11.9. The summed E-state index contributed by atoms with van der Waals surface area (Å²) in [6.07, 6.45) is 6.43. The van der Waals surface area contributed by atoms with Gasteiger partial charge in [0.2, 0.25) is 0 Å².